The molecule has 0 saturated carbocycles. The minimum absolute atomic E-state index is 0.00669. The number of nitrogens with one attached hydrogen (secondary N) is 1. The molecule has 0 radical (unpaired) electrons. The van der Waals surface area contributed by atoms with Crippen molar-refractivity contribution in [2.75, 3.05) is 39.3 Å². The number of hydrogen-bond donors (Lipinski definition) is 1. The zero-order chi connectivity index (χ0) is 19.9. The van der Waals surface area contributed by atoms with Gasteiger partial charge in [0.1, 0.15) is 6.54 Å². The monoisotopic (exact) mass is 443 g/mol. The molecule has 1 aliphatic rings. The zero-order valence-electron chi connectivity index (χ0n) is 16.1. The third-order valence-electron chi connectivity index (χ3n) is 5.04. The summed E-state index contributed by atoms with van der Waals surface area (Å²) in [4.78, 5) is 29.5. The van der Waals surface area contributed by atoms with Crippen LogP contribution in [0, 0.1) is 0 Å². The van der Waals surface area contributed by atoms with E-state index in [0.29, 0.717) is 25.2 Å². The Morgan fingerprint density at radius 1 is 1.07 bits per heavy atom. The minimum atomic E-state index is -0.112. The van der Waals surface area contributed by atoms with Crippen LogP contribution in [0.5, 0.6) is 0 Å². The molecule has 2 amide bonds. The first-order valence-corrected chi connectivity index (χ1v) is 10.4. The summed E-state index contributed by atoms with van der Waals surface area (Å²) in [6, 6.07) is 17.4. The van der Waals surface area contributed by atoms with Crippen molar-refractivity contribution in [3.05, 3.63) is 70.2 Å². The summed E-state index contributed by atoms with van der Waals surface area (Å²) in [5.41, 5.74) is 1.75. The highest BCUT2D eigenvalue weighted by atomic mass is 79.9. The van der Waals surface area contributed by atoms with E-state index in [1.165, 1.54) is 0 Å². The molecule has 1 heterocycles. The van der Waals surface area contributed by atoms with Crippen molar-refractivity contribution >= 4 is 27.7 Å². The summed E-state index contributed by atoms with van der Waals surface area (Å²) in [5, 5.41) is 3.25. The average molecular weight is 444 g/mol. The highest BCUT2D eigenvalue weighted by Gasteiger charge is 2.25. The van der Waals surface area contributed by atoms with Gasteiger partial charge in [-0.2, -0.15) is 0 Å². The fourth-order valence-corrected chi connectivity index (χ4v) is 3.65. The standard InChI is InChI=1S/C22H26BrN3O2/c1-17(18-5-3-2-4-6-18)15-26(16-21(27)25-13-11-24-12-14-25)22(28)19-7-9-20(23)10-8-19/h2-10,17,24H,11-16H2,1H3/t17-/m0/s1. The maximum atomic E-state index is 13.2. The molecule has 0 aliphatic carbocycles. The van der Waals surface area contributed by atoms with Gasteiger partial charge >= 0.3 is 0 Å². The fraction of sp³-hybridized carbons (Fsp3) is 0.364. The number of piperazine rings is 1. The van der Waals surface area contributed by atoms with Crippen molar-refractivity contribution < 1.29 is 9.59 Å². The quantitative estimate of drug-likeness (QED) is 0.745. The first-order valence-electron chi connectivity index (χ1n) is 9.63. The van der Waals surface area contributed by atoms with Crippen LogP contribution < -0.4 is 5.32 Å². The van der Waals surface area contributed by atoms with Gasteiger partial charge in [-0.15, -0.1) is 0 Å². The number of carbonyl (C=O) groups is 2. The molecule has 1 aliphatic heterocycles. The van der Waals surface area contributed by atoms with E-state index in [-0.39, 0.29) is 24.3 Å². The van der Waals surface area contributed by atoms with Crippen molar-refractivity contribution in [2.45, 2.75) is 12.8 Å². The number of rotatable bonds is 6. The van der Waals surface area contributed by atoms with E-state index in [1.54, 1.807) is 17.0 Å². The van der Waals surface area contributed by atoms with Crippen LogP contribution >= 0.6 is 15.9 Å². The van der Waals surface area contributed by atoms with Gasteiger partial charge in [-0.05, 0) is 35.7 Å². The Morgan fingerprint density at radius 2 is 1.71 bits per heavy atom. The lowest BCUT2D eigenvalue weighted by Crippen LogP contribution is -2.50. The summed E-state index contributed by atoms with van der Waals surface area (Å²) in [7, 11) is 0. The molecule has 2 aromatic rings. The first kappa shape index (κ1) is 20.6. The maximum absolute atomic E-state index is 13.2. The normalized spacial score (nSPS) is 15.1. The number of amides is 2. The van der Waals surface area contributed by atoms with Gasteiger partial charge in [0.2, 0.25) is 5.91 Å². The highest BCUT2D eigenvalue weighted by Crippen LogP contribution is 2.19. The van der Waals surface area contributed by atoms with Gasteiger partial charge in [0.25, 0.3) is 5.91 Å². The van der Waals surface area contributed by atoms with E-state index >= 15 is 0 Å². The van der Waals surface area contributed by atoms with Crippen LogP contribution in [0.2, 0.25) is 0 Å². The van der Waals surface area contributed by atoms with Crippen LogP contribution in [0.25, 0.3) is 0 Å². The predicted octanol–water partition coefficient (Wildman–Crippen LogP) is 3.13. The second-order valence-electron chi connectivity index (χ2n) is 7.14. The number of halogens is 1. The second kappa shape index (κ2) is 9.85. The van der Waals surface area contributed by atoms with Gasteiger partial charge in [0.15, 0.2) is 0 Å². The van der Waals surface area contributed by atoms with Gasteiger partial charge in [0, 0.05) is 42.8 Å². The Balaban J connectivity index is 1.77. The Labute approximate surface area is 174 Å². The summed E-state index contributed by atoms with van der Waals surface area (Å²) in [5.74, 6) is 0.0300. The van der Waals surface area contributed by atoms with Gasteiger partial charge in [-0.3, -0.25) is 9.59 Å². The lowest BCUT2D eigenvalue weighted by molar-refractivity contribution is -0.132. The van der Waals surface area contributed by atoms with E-state index in [1.807, 2.05) is 35.2 Å². The van der Waals surface area contributed by atoms with Crippen LogP contribution in [-0.2, 0) is 4.79 Å². The van der Waals surface area contributed by atoms with Crippen molar-refractivity contribution in [1.29, 1.82) is 0 Å². The van der Waals surface area contributed by atoms with Crippen molar-refractivity contribution in [1.82, 2.24) is 15.1 Å². The number of benzene rings is 2. The Kier molecular flexibility index (Phi) is 7.23. The van der Waals surface area contributed by atoms with E-state index in [9.17, 15) is 9.59 Å². The summed E-state index contributed by atoms with van der Waals surface area (Å²) >= 11 is 3.40. The molecular weight excluding hydrogens is 418 g/mol. The Bertz CT molecular complexity index is 789. The Morgan fingerprint density at radius 3 is 2.36 bits per heavy atom. The van der Waals surface area contributed by atoms with E-state index in [2.05, 4.69) is 40.3 Å². The summed E-state index contributed by atoms with van der Waals surface area (Å²) in [6.07, 6.45) is 0. The molecule has 1 atom stereocenters. The molecule has 0 aromatic heterocycles. The lowest BCUT2D eigenvalue weighted by atomic mass is 10.0. The van der Waals surface area contributed by atoms with Crippen LogP contribution in [0.3, 0.4) is 0 Å². The topological polar surface area (TPSA) is 52.7 Å². The molecular formula is C22H26BrN3O2. The van der Waals surface area contributed by atoms with E-state index in [4.69, 9.17) is 0 Å². The maximum Gasteiger partial charge on any atom is 0.254 e. The molecule has 5 nitrogen and oxygen atoms in total. The van der Waals surface area contributed by atoms with E-state index in [0.717, 1.165) is 23.1 Å². The molecule has 3 rings (SSSR count). The molecule has 0 bridgehead atoms. The molecule has 1 saturated heterocycles. The minimum Gasteiger partial charge on any atom is -0.339 e. The predicted molar refractivity (Wildman–Crippen MR) is 114 cm³/mol. The number of hydrogen-bond acceptors (Lipinski definition) is 3. The molecule has 0 unspecified atom stereocenters. The van der Waals surface area contributed by atoms with Gasteiger partial charge in [-0.1, -0.05) is 53.2 Å². The molecule has 6 heteroatoms. The molecule has 1 fully saturated rings. The highest BCUT2D eigenvalue weighted by molar-refractivity contribution is 9.10. The van der Waals surface area contributed by atoms with Crippen LogP contribution in [-0.4, -0.2) is 60.9 Å². The van der Waals surface area contributed by atoms with Crippen molar-refractivity contribution in [3.63, 3.8) is 0 Å². The molecule has 0 spiro atoms. The third-order valence-corrected chi connectivity index (χ3v) is 5.57. The van der Waals surface area contributed by atoms with Crippen LogP contribution in [0.1, 0.15) is 28.8 Å². The average Bonchev–Trinajstić information content (AvgIpc) is 2.74. The fourth-order valence-electron chi connectivity index (χ4n) is 3.39. The largest absolute Gasteiger partial charge is 0.339 e. The summed E-state index contributed by atoms with van der Waals surface area (Å²) < 4.78 is 0.921. The lowest BCUT2D eigenvalue weighted by Gasteiger charge is -2.31. The molecule has 2 aromatic carbocycles. The molecule has 1 N–H and O–H groups in total. The van der Waals surface area contributed by atoms with Crippen molar-refractivity contribution in [2.24, 2.45) is 0 Å². The smallest absolute Gasteiger partial charge is 0.254 e. The second-order valence-corrected chi connectivity index (χ2v) is 8.05. The SMILES string of the molecule is C[C@@H](CN(CC(=O)N1CCNCC1)C(=O)c1ccc(Br)cc1)c1ccccc1. The molecule has 28 heavy (non-hydrogen) atoms. The van der Waals surface area contributed by atoms with Gasteiger partial charge < -0.3 is 15.1 Å². The number of nitrogens with zero attached hydrogens (tertiary/aromatic N) is 2. The van der Waals surface area contributed by atoms with E-state index < -0.39 is 0 Å². The first-order chi connectivity index (χ1) is 13.5. The third kappa shape index (κ3) is 5.42. The van der Waals surface area contributed by atoms with Crippen LogP contribution in [0.4, 0.5) is 0 Å². The zero-order valence-corrected chi connectivity index (χ0v) is 17.7. The number of carbonyl (C=O) groups excluding carboxylic acids is 2. The van der Waals surface area contributed by atoms with Gasteiger partial charge in [-0.25, -0.2) is 0 Å². The van der Waals surface area contributed by atoms with Gasteiger partial charge in [0.05, 0.1) is 0 Å². The van der Waals surface area contributed by atoms with Crippen LogP contribution in [0.15, 0.2) is 59.1 Å². The van der Waals surface area contributed by atoms with Crippen molar-refractivity contribution in [3.8, 4) is 0 Å². The molecule has 148 valence electrons. The summed E-state index contributed by atoms with van der Waals surface area (Å²) in [6.45, 7) is 5.66. The Hall–Kier alpha value is -2.18.